The van der Waals surface area contributed by atoms with Crippen molar-refractivity contribution < 1.29 is 18.4 Å². The number of aromatic amines is 1. The predicted molar refractivity (Wildman–Crippen MR) is 141 cm³/mol. The number of anilines is 1. The lowest BCUT2D eigenvalue weighted by atomic mass is 9.80. The van der Waals surface area contributed by atoms with Crippen LogP contribution in [0.25, 0.3) is 12.2 Å². The second-order valence-corrected chi connectivity index (χ2v) is 10.1. The van der Waals surface area contributed by atoms with Crippen LogP contribution < -0.4 is 16.8 Å². The Hall–Kier alpha value is -3.46. The fourth-order valence-corrected chi connectivity index (χ4v) is 5.71. The highest BCUT2D eigenvalue weighted by Gasteiger charge is 2.34. The van der Waals surface area contributed by atoms with Crippen LogP contribution in [0.15, 0.2) is 37.1 Å². The second kappa shape index (κ2) is 11.7. The molecule has 0 spiro atoms. The fraction of sp³-hybridized carbons (Fsp3) is 0.429. The maximum absolute atomic E-state index is 13.4. The summed E-state index contributed by atoms with van der Waals surface area (Å²) in [5.41, 5.74) is 14.3. The van der Waals surface area contributed by atoms with Gasteiger partial charge in [0.25, 0.3) is 0 Å². The van der Waals surface area contributed by atoms with Gasteiger partial charge in [-0.25, -0.2) is 8.78 Å². The van der Waals surface area contributed by atoms with E-state index in [0.29, 0.717) is 37.7 Å². The number of benzene rings is 1. The minimum Gasteiger partial charge on any atom is -0.385 e. The van der Waals surface area contributed by atoms with E-state index in [4.69, 9.17) is 11.5 Å². The molecule has 2 heterocycles. The second-order valence-electron chi connectivity index (χ2n) is 10.1. The number of amides is 2. The lowest BCUT2D eigenvalue weighted by Crippen LogP contribution is -2.54. The monoisotopic (exact) mass is 511 g/mol. The molecule has 1 saturated heterocycles. The maximum atomic E-state index is 13.4. The number of nitrogens with one attached hydrogen (secondary N) is 2. The van der Waals surface area contributed by atoms with E-state index in [1.54, 1.807) is 11.0 Å². The van der Waals surface area contributed by atoms with Crippen LogP contribution in [0.1, 0.15) is 61.1 Å². The third-order valence-electron chi connectivity index (χ3n) is 7.70. The van der Waals surface area contributed by atoms with Crippen molar-refractivity contribution in [1.82, 2.24) is 15.2 Å². The Morgan fingerprint density at radius 1 is 1.08 bits per heavy atom. The van der Waals surface area contributed by atoms with E-state index < -0.39 is 17.7 Å². The van der Waals surface area contributed by atoms with Gasteiger partial charge < -0.3 is 26.7 Å². The molecular formula is C28H35F2N5O2. The van der Waals surface area contributed by atoms with Crippen molar-refractivity contribution in [3.05, 3.63) is 65.4 Å². The number of nitrogen functional groups attached to an aromatic ring is 1. The van der Waals surface area contributed by atoms with Crippen molar-refractivity contribution in [3.63, 3.8) is 0 Å². The summed E-state index contributed by atoms with van der Waals surface area (Å²) in [6.45, 7) is 4.85. The van der Waals surface area contributed by atoms with E-state index in [1.165, 1.54) is 29.8 Å². The number of carbonyl (C=O) groups excluding carboxylic acids is 2. The average Bonchev–Trinajstić information content (AvgIpc) is 3.26. The van der Waals surface area contributed by atoms with Gasteiger partial charge in [-0.3, -0.25) is 9.59 Å². The Morgan fingerprint density at radius 3 is 2.32 bits per heavy atom. The zero-order chi connectivity index (χ0) is 26.5. The third kappa shape index (κ3) is 6.46. The largest absolute Gasteiger partial charge is 0.385 e. The molecular weight excluding hydrogens is 476 g/mol. The quantitative estimate of drug-likeness (QED) is 0.402. The van der Waals surface area contributed by atoms with Crippen molar-refractivity contribution in [1.29, 1.82) is 0 Å². The lowest BCUT2D eigenvalue weighted by Gasteiger charge is -2.38. The summed E-state index contributed by atoms with van der Waals surface area (Å²) < 4.78 is 26.7. The summed E-state index contributed by atoms with van der Waals surface area (Å²) in [6.07, 6.45) is 11.6. The van der Waals surface area contributed by atoms with Gasteiger partial charge in [0.1, 0.15) is 17.5 Å². The van der Waals surface area contributed by atoms with Crippen LogP contribution in [0.4, 0.5) is 14.6 Å². The Morgan fingerprint density at radius 2 is 1.73 bits per heavy atom. The molecule has 1 atom stereocenters. The molecule has 37 heavy (non-hydrogen) atoms. The number of aromatic nitrogens is 1. The molecule has 1 aliphatic heterocycles. The van der Waals surface area contributed by atoms with Crippen LogP contribution in [-0.2, 0) is 9.59 Å². The van der Waals surface area contributed by atoms with Gasteiger partial charge in [0.05, 0.1) is 6.04 Å². The molecule has 0 bridgehead atoms. The molecule has 7 nitrogen and oxygen atoms in total. The van der Waals surface area contributed by atoms with E-state index in [1.807, 2.05) is 6.20 Å². The molecule has 198 valence electrons. The molecule has 9 heteroatoms. The summed E-state index contributed by atoms with van der Waals surface area (Å²) in [5.74, 6) is -0.900. The van der Waals surface area contributed by atoms with Gasteiger partial charge in [0.15, 0.2) is 0 Å². The average molecular weight is 512 g/mol. The van der Waals surface area contributed by atoms with Gasteiger partial charge in [0.2, 0.25) is 11.8 Å². The number of nitrogens with two attached hydrogens (primary N) is 2. The Kier molecular flexibility index (Phi) is 8.43. The molecule has 1 saturated carbocycles. The number of hydrogen-bond acceptors (Lipinski definition) is 4. The first-order chi connectivity index (χ1) is 17.7. The first-order valence-corrected chi connectivity index (χ1v) is 12.8. The van der Waals surface area contributed by atoms with Crippen LogP contribution in [0.5, 0.6) is 0 Å². The Labute approximate surface area is 216 Å². The number of likely N-dealkylation sites (tertiary alicyclic amines) is 1. The Balaban J connectivity index is 1.28. The maximum Gasteiger partial charge on any atom is 0.246 e. The van der Waals surface area contributed by atoms with Crippen molar-refractivity contribution >= 4 is 29.8 Å². The number of piperidine rings is 1. The number of halogens is 2. The van der Waals surface area contributed by atoms with Crippen molar-refractivity contribution in [3.8, 4) is 0 Å². The first kappa shape index (κ1) is 26.6. The van der Waals surface area contributed by atoms with Gasteiger partial charge in [-0.1, -0.05) is 12.7 Å². The number of hydrogen-bond donors (Lipinski definition) is 4. The van der Waals surface area contributed by atoms with Gasteiger partial charge in [0, 0.05) is 43.0 Å². The normalized spacial score (nSPS) is 21.7. The van der Waals surface area contributed by atoms with E-state index in [-0.39, 0.29) is 29.3 Å². The number of H-pyrrole nitrogens is 1. The molecule has 4 rings (SSSR count). The van der Waals surface area contributed by atoms with Gasteiger partial charge in [-0.05, 0) is 79.7 Å². The van der Waals surface area contributed by atoms with Crippen molar-refractivity contribution in [2.75, 3.05) is 18.8 Å². The first-order valence-electron chi connectivity index (χ1n) is 12.8. The number of primary amides is 1. The topological polar surface area (TPSA) is 117 Å². The highest BCUT2D eigenvalue weighted by atomic mass is 19.1. The number of rotatable bonds is 8. The fourth-order valence-electron chi connectivity index (χ4n) is 5.71. The summed E-state index contributed by atoms with van der Waals surface area (Å²) in [4.78, 5) is 29.7. The molecule has 1 aromatic heterocycles. The summed E-state index contributed by atoms with van der Waals surface area (Å²) in [5, 5.41) is 3.52. The molecule has 1 unspecified atom stereocenters. The lowest BCUT2D eigenvalue weighted by molar-refractivity contribution is -0.128. The molecule has 2 aromatic rings. The molecule has 1 aromatic carbocycles. The van der Waals surface area contributed by atoms with Crippen LogP contribution in [0.2, 0.25) is 0 Å². The van der Waals surface area contributed by atoms with E-state index in [2.05, 4.69) is 16.9 Å². The van der Waals surface area contributed by atoms with Gasteiger partial charge in [-0.2, -0.15) is 0 Å². The third-order valence-corrected chi connectivity index (χ3v) is 7.70. The van der Waals surface area contributed by atoms with Crippen molar-refractivity contribution in [2.45, 2.75) is 56.5 Å². The smallest absolute Gasteiger partial charge is 0.246 e. The molecule has 6 N–H and O–H groups in total. The molecule has 2 amide bonds. The summed E-state index contributed by atoms with van der Waals surface area (Å²) in [7, 11) is 0. The summed E-state index contributed by atoms with van der Waals surface area (Å²) in [6, 6.07) is 2.88. The zero-order valence-corrected chi connectivity index (χ0v) is 20.9. The standard InChI is InChI=1S/C28H35F2N5O2/c1-2-23-24(16-33-27(23)31)18-4-6-22(7-5-18)34-26(28(32)37)19-9-11-35(12-10-19)25(36)8-3-17-13-20(29)15-21(30)14-17/h2-3,8,13-16,18-19,22,26,33-34H,1,4-7,9-12,31H2,(H2,32,37). The Bertz CT molecular complexity index is 1140. The van der Waals surface area contributed by atoms with E-state index in [0.717, 1.165) is 37.3 Å². The van der Waals surface area contributed by atoms with Crippen LogP contribution >= 0.6 is 0 Å². The highest BCUT2D eigenvalue weighted by Crippen LogP contribution is 2.37. The van der Waals surface area contributed by atoms with E-state index >= 15 is 0 Å². The van der Waals surface area contributed by atoms with Crippen LogP contribution in [0, 0.1) is 17.6 Å². The zero-order valence-electron chi connectivity index (χ0n) is 20.9. The summed E-state index contributed by atoms with van der Waals surface area (Å²) >= 11 is 0. The SMILES string of the molecule is C=Cc1c(C2CCC(NC(C(N)=O)C3CCN(C(=O)C=Cc4cc(F)cc(F)c4)CC3)CC2)c[nH]c1N. The number of carbonyl (C=O) groups is 2. The molecule has 0 radical (unpaired) electrons. The highest BCUT2D eigenvalue weighted by molar-refractivity contribution is 5.91. The molecule has 2 fully saturated rings. The van der Waals surface area contributed by atoms with Crippen LogP contribution in [0.3, 0.4) is 0 Å². The van der Waals surface area contributed by atoms with Gasteiger partial charge >= 0.3 is 0 Å². The van der Waals surface area contributed by atoms with Crippen molar-refractivity contribution in [2.24, 2.45) is 11.7 Å². The molecule has 2 aliphatic rings. The minimum atomic E-state index is -0.693. The number of nitrogens with zero attached hydrogens (tertiary/aromatic N) is 1. The van der Waals surface area contributed by atoms with Gasteiger partial charge in [-0.15, -0.1) is 0 Å². The predicted octanol–water partition coefficient (Wildman–Crippen LogP) is 3.94. The van der Waals surface area contributed by atoms with Crippen LogP contribution in [-0.4, -0.2) is 46.9 Å². The molecule has 1 aliphatic carbocycles. The van der Waals surface area contributed by atoms with E-state index in [9.17, 15) is 18.4 Å². The minimum absolute atomic E-state index is 0.0393.